The molecule has 1 N–H and O–H groups in total. The van der Waals surface area contributed by atoms with Crippen LogP contribution in [-0.2, 0) is 14.8 Å². The maximum absolute atomic E-state index is 14.0. The highest BCUT2D eigenvalue weighted by Gasteiger charge is 2.35. The van der Waals surface area contributed by atoms with E-state index in [0.29, 0.717) is 0 Å². The van der Waals surface area contributed by atoms with Crippen molar-refractivity contribution in [2.45, 2.75) is 17.9 Å². The molecular formula is C19H20F2N4O5S. The van der Waals surface area contributed by atoms with Crippen LogP contribution in [0.3, 0.4) is 0 Å². The molecule has 9 nitrogen and oxygen atoms in total. The zero-order valence-corrected chi connectivity index (χ0v) is 17.3. The lowest BCUT2D eigenvalue weighted by Crippen LogP contribution is -2.54. The van der Waals surface area contributed by atoms with E-state index in [-0.39, 0.29) is 37.6 Å². The summed E-state index contributed by atoms with van der Waals surface area (Å²) in [4.78, 5) is 23.8. The number of benzene rings is 2. The van der Waals surface area contributed by atoms with Gasteiger partial charge in [-0.05, 0) is 25.1 Å². The van der Waals surface area contributed by atoms with Crippen molar-refractivity contribution in [1.82, 2.24) is 9.21 Å². The van der Waals surface area contributed by atoms with E-state index in [1.165, 1.54) is 18.2 Å². The summed E-state index contributed by atoms with van der Waals surface area (Å²) in [7, 11) is -4.38. The van der Waals surface area contributed by atoms with Crippen molar-refractivity contribution in [3.05, 3.63) is 64.2 Å². The van der Waals surface area contributed by atoms with E-state index in [1.54, 1.807) is 17.9 Å². The number of rotatable bonds is 6. The minimum Gasteiger partial charge on any atom is -0.319 e. The third-order valence-electron chi connectivity index (χ3n) is 5.08. The molecule has 166 valence electrons. The predicted molar refractivity (Wildman–Crippen MR) is 108 cm³/mol. The normalized spacial score (nSPS) is 16.6. The summed E-state index contributed by atoms with van der Waals surface area (Å²) in [6.45, 7) is 1.73. The number of hydrogen-bond acceptors (Lipinski definition) is 6. The van der Waals surface area contributed by atoms with Gasteiger partial charge in [0.2, 0.25) is 15.9 Å². The molecule has 1 saturated heterocycles. The van der Waals surface area contributed by atoms with Crippen LogP contribution < -0.4 is 5.32 Å². The highest BCUT2D eigenvalue weighted by Crippen LogP contribution is 2.25. The number of sulfonamides is 1. The summed E-state index contributed by atoms with van der Waals surface area (Å²) in [6.07, 6.45) is 0. The molecular weight excluding hydrogens is 434 g/mol. The largest absolute Gasteiger partial charge is 0.319 e. The van der Waals surface area contributed by atoms with Gasteiger partial charge in [0.25, 0.3) is 5.69 Å². The van der Waals surface area contributed by atoms with Gasteiger partial charge in [0, 0.05) is 32.2 Å². The third kappa shape index (κ3) is 4.70. The van der Waals surface area contributed by atoms with Crippen LogP contribution >= 0.6 is 0 Å². The molecule has 3 rings (SSSR count). The molecule has 0 aromatic heterocycles. The topological polar surface area (TPSA) is 113 Å². The summed E-state index contributed by atoms with van der Waals surface area (Å²) in [5, 5.41) is 13.6. The minimum atomic E-state index is -4.38. The Bertz CT molecular complexity index is 1080. The summed E-state index contributed by atoms with van der Waals surface area (Å²) in [5.74, 6) is -2.83. The van der Waals surface area contributed by atoms with Crippen LogP contribution in [0.5, 0.6) is 0 Å². The number of hydrogen-bond donors (Lipinski definition) is 1. The van der Waals surface area contributed by atoms with Gasteiger partial charge in [0.15, 0.2) is 4.90 Å². The smallest absolute Gasteiger partial charge is 0.292 e. The third-order valence-corrected chi connectivity index (χ3v) is 7.03. The molecule has 1 amide bonds. The van der Waals surface area contributed by atoms with Crippen LogP contribution in [-0.4, -0.2) is 60.7 Å². The molecule has 0 saturated carbocycles. The first-order chi connectivity index (χ1) is 14.6. The van der Waals surface area contributed by atoms with Crippen molar-refractivity contribution in [3.8, 4) is 0 Å². The van der Waals surface area contributed by atoms with Crippen molar-refractivity contribution in [2.75, 3.05) is 31.5 Å². The summed E-state index contributed by atoms with van der Waals surface area (Å²) in [5.41, 5.74) is -0.188. The molecule has 0 bridgehead atoms. The molecule has 0 spiro atoms. The van der Waals surface area contributed by atoms with E-state index in [0.717, 1.165) is 22.5 Å². The van der Waals surface area contributed by atoms with E-state index in [9.17, 15) is 32.1 Å². The van der Waals surface area contributed by atoms with Gasteiger partial charge in [0.1, 0.15) is 17.3 Å². The van der Waals surface area contributed by atoms with E-state index >= 15 is 0 Å². The Kier molecular flexibility index (Phi) is 6.62. The number of nitrogens with one attached hydrogen (secondary N) is 1. The number of para-hydroxylation sites is 2. The Morgan fingerprint density at radius 1 is 1.06 bits per heavy atom. The van der Waals surface area contributed by atoms with Gasteiger partial charge in [-0.15, -0.1) is 0 Å². The number of nitro benzene ring substituents is 1. The van der Waals surface area contributed by atoms with Gasteiger partial charge in [0.05, 0.1) is 11.0 Å². The highest BCUT2D eigenvalue weighted by atomic mass is 32.2. The number of carbonyl (C=O) groups is 1. The van der Waals surface area contributed by atoms with Crippen molar-refractivity contribution in [2.24, 2.45) is 0 Å². The number of halogens is 2. The number of amides is 1. The Morgan fingerprint density at radius 3 is 2.23 bits per heavy atom. The molecule has 1 unspecified atom stereocenters. The van der Waals surface area contributed by atoms with Gasteiger partial charge in [-0.2, -0.15) is 4.31 Å². The van der Waals surface area contributed by atoms with Crippen LogP contribution in [0, 0.1) is 21.7 Å². The van der Waals surface area contributed by atoms with E-state index in [2.05, 4.69) is 5.32 Å². The quantitative estimate of drug-likeness (QED) is 0.529. The lowest BCUT2D eigenvalue weighted by atomic mass is 10.2. The number of nitro groups is 1. The molecule has 1 aliphatic rings. The maximum atomic E-state index is 14.0. The average molecular weight is 454 g/mol. The number of nitrogens with zero attached hydrogens (tertiary/aromatic N) is 3. The Hall–Kier alpha value is -2.96. The first-order valence-electron chi connectivity index (χ1n) is 9.35. The number of anilines is 1. The molecule has 1 aliphatic heterocycles. The molecule has 0 radical (unpaired) electrons. The zero-order valence-electron chi connectivity index (χ0n) is 16.5. The molecule has 12 heteroatoms. The lowest BCUT2D eigenvalue weighted by molar-refractivity contribution is -0.383. The molecule has 0 aliphatic carbocycles. The Balaban J connectivity index is 1.67. The fourth-order valence-corrected chi connectivity index (χ4v) is 4.86. The number of piperazine rings is 1. The molecule has 1 heterocycles. The Labute approximate surface area is 177 Å². The highest BCUT2D eigenvalue weighted by molar-refractivity contribution is 7.89. The van der Waals surface area contributed by atoms with Crippen molar-refractivity contribution in [1.29, 1.82) is 0 Å². The second-order valence-corrected chi connectivity index (χ2v) is 8.81. The van der Waals surface area contributed by atoms with Gasteiger partial charge in [-0.3, -0.25) is 19.8 Å². The monoisotopic (exact) mass is 454 g/mol. The van der Waals surface area contributed by atoms with Crippen molar-refractivity contribution >= 4 is 27.3 Å². The minimum absolute atomic E-state index is 0.0561. The zero-order chi connectivity index (χ0) is 22.8. The summed E-state index contributed by atoms with van der Waals surface area (Å²) in [6, 6.07) is 7.84. The van der Waals surface area contributed by atoms with Crippen LogP contribution in [0.4, 0.5) is 20.2 Å². The average Bonchev–Trinajstić information content (AvgIpc) is 2.73. The second kappa shape index (κ2) is 9.04. The fraction of sp³-hybridized carbons (Fsp3) is 0.316. The van der Waals surface area contributed by atoms with Crippen LogP contribution in [0.1, 0.15) is 6.92 Å². The summed E-state index contributed by atoms with van der Waals surface area (Å²) >= 11 is 0. The van der Waals surface area contributed by atoms with Crippen LogP contribution in [0.2, 0.25) is 0 Å². The van der Waals surface area contributed by atoms with Crippen molar-refractivity contribution < 1.29 is 26.9 Å². The van der Waals surface area contributed by atoms with E-state index in [1.807, 2.05) is 0 Å². The molecule has 2 aromatic carbocycles. The standard InChI is InChI=1S/C19H20F2N4O5S/c1-13(19(26)22-16-7-2-3-8-17(16)25(27)28)23-9-11-24(12-10-23)31(29,30)18-14(20)5-4-6-15(18)21/h2-8,13H,9-12H2,1H3,(H,22,26). The number of carbonyl (C=O) groups excluding carboxylic acids is 1. The first-order valence-corrected chi connectivity index (χ1v) is 10.8. The van der Waals surface area contributed by atoms with Gasteiger partial charge < -0.3 is 5.32 Å². The second-order valence-electron chi connectivity index (χ2n) is 6.93. The molecule has 1 atom stereocenters. The van der Waals surface area contributed by atoms with E-state index in [4.69, 9.17) is 0 Å². The molecule has 31 heavy (non-hydrogen) atoms. The Morgan fingerprint density at radius 2 is 1.65 bits per heavy atom. The lowest BCUT2D eigenvalue weighted by Gasteiger charge is -2.36. The van der Waals surface area contributed by atoms with Crippen LogP contribution in [0.15, 0.2) is 47.4 Å². The maximum Gasteiger partial charge on any atom is 0.292 e. The van der Waals surface area contributed by atoms with Gasteiger partial charge >= 0.3 is 0 Å². The molecule has 1 fully saturated rings. The predicted octanol–water partition coefficient (Wildman–Crippen LogP) is 2.21. The van der Waals surface area contributed by atoms with Crippen molar-refractivity contribution in [3.63, 3.8) is 0 Å². The van der Waals surface area contributed by atoms with E-state index < -0.39 is 43.4 Å². The van der Waals surface area contributed by atoms with Gasteiger partial charge in [-0.25, -0.2) is 17.2 Å². The molecule has 2 aromatic rings. The summed E-state index contributed by atoms with van der Waals surface area (Å²) < 4.78 is 54.2. The first kappa shape index (κ1) is 22.7. The van der Waals surface area contributed by atoms with Crippen LogP contribution in [0.25, 0.3) is 0 Å². The SMILES string of the molecule is CC(C(=O)Nc1ccccc1[N+](=O)[O-])N1CCN(S(=O)(=O)c2c(F)cccc2F)CC1. The fourth-order valence-electron chi connectivity index (χ4n) is 3.33. The van der Waals surface area contributed by atoms with Gasteiger partial charge in [-0.1, -0.05) is 18.2 Å².